The molecule has 0 fully saturated rings. The maximum Gasteiger partial charge on any atom is 0.253 e. The molecule has 2 aromatic rings. The van der Waals surface area contributed by atoms with E-state index in [0.29, 0.717) is 31.0 Å². The molecular formula is C25H34IN5O2. The summed E-state index contributed by atoms with van der Waals surface area (Å²) in [6.45, 7) is 2.15. The van der Waals surface area contributed by atoms with Gasteiger partial charge in [-0.25, -0.2) is 0 Å². The van der Waals surface area contributed by atoms with Crippen LogP contribution in [0.25, 0.3) is 0 Å². The van der Waals surface area contributed by atoms with Crippen LogP contribution in [0.5, 0.6) is 0 Å². The molecule has 33 heavy (non-hydrogen) atoms. The number of hydrogen-bond donors (Lipinski definition) is 2. The summed E-state index contributed by atoms with van der Waals surface area (Å²) >= 11 is 0. The zero-order valence-electron chi connectivity index (χ0n) is 19.6. The molecule has 2 aromatic carbocycles. The summed E-state index contributed by atoms with van der Waals surface area (Å²) in [5.41, 5.74) is 4.09. The molecule has 8 heteroatoms. The van der Waals surface area contributed by atoms with Crippen molar-refractivity contribution < 1.29 is 9.59 Å². The number of guanidine groups is 1. The summed E-state index contributed by atoms with van der Waals surface area (Å²) < 4.78 is 0. The van der Waals surface area contributed by atoms with E-state index in [-0.39, 0.29) is 35.8 Å². The fourth-order valence-corrected chi connectivity index (χ4v) is 3.84. The van der Waals surface area contributed by atoms with Gasteiger partial charge in [0.1, 0.15) is 0 Å². The van der Waals surface area contributed by atoms with Gasteiger partial charge in [0, 0.05) is 58.4 Å². The number of para-hydroxylation sites is 1. The second-order valence-electron chi connectivity index (χ2n) is 8.10. The van der Waals surface area contributed by atoms with E-state index in [9.17, 15) is 9.59 Å². The first-order valence-corrected chi connectivity index (χ1v) is 11.1. The zero-order chi connectivity index (χ0) is 22.9. The van der Waals surface area contributed by atoms with Crippen molar-refractivity contribution in [3.8, 4) is 0 Å². The van der Waals surface area contributed by atoms with Gasteiger partial charge in [-0.2, -0.15) is 0 Å². The van der Waals surface area contributed by atoms with Gasteiger partial charge in [0.25, 0.3) is 5.91 Å². The first-order chi connectivity index (χ1) is 15.5. The summed E-state index contributed by atoms with van der Waals surface area (Å²) in [6.07, 6.45) is 2.96. The van der Waals surface area contributed by atoms with Crippen molar-refractivity contribution in [2.24, 2.45) is 4.99 Å². The van der Waals surface area contributed by atoms with Crippen LogP contribution in [0.3, 0.4) is 0 Å². The van der Waals surface area contributed by atoms with Gasteiger partial charge < -0.3 is 20.4 Å². The molecule has 0 aliphatic carbocycles. The van der Waals surface area contributed by atoms with E-state index in [0.717, 1.165) is 37.1 Å². The molecule has 0 aromatic heterocycles. The van der Waals surface area contributed by atoms with E-state index in [1.165, 1.54) is 5.56 Å². The Hall–Kier alpha value is -2.62. The number of fused-ring (bicyclic) bond motifs is 1. The lowest BCUT2D eigenvalue weighted by Crippen LogP contribution is -2.39. The Morgan fingerprint density at radius 3 is 2.58 bits per heavy atom. The van der Waals surface area contributed by atoms with Crippen LogP contribution < -0.4 is 15.5 Å². The number of carbonyl (C=O) groups excluding carboxylic acids is 2. The predicted molar refractivity (Wildman–Crippen MR) is 145 cm³/mol. The molecule has 0 saturated carbocycles. The number of amides is 2. The van der Waals surface area contributed by atoms with Crippen molar-refractivity contribution in [2.75, 3.05) is 45.7 Å². The van der Waals surface area contributed by atoms with Crippen molar-refractivity contribution >= 4 is 47.4 Å². The van der Waals surface area contributed by atoms with Crippen LogP contribution >= 0.6 is 24.0 Å². The van der Waals surface area contributed by atoms with Crippen molar-refractivity contribution in [3.05, 3.63) is 65.2 Å². The molecule has 0 radical (unpaired) electrons. The molecule has 2 N–H and O–H groups in total. The lowest BCUT2D eigenvalue weighted by Gasteiger charge is -2.17. The van der Waals surface area contributed by atoms with Gasteiger partial charge in [-0.15, -0.1) is 24.0 Å². The highest BCUT2D eigenvalue weighted by Crippen LogP contribution is 2.27. The molecule has 3 rings (SSSR count). The van der Waals surface area contributed by atoms with Crippen molar-refractivity contribution in [3.63, 3.8) is 0 Å². The molecule has 0 saturated heterocycles. The number of nitrogens with zero attached hydrogens (tertiary/aromatic N) is 3. The smallest absolute Gasteiger partial charge is 0.253 e. The first kappa shape index (κ1) is 26.6. The average Bonchev–Trinajstić information content (AvgIpc) is 3.24. The highest BCUT2D eigenvalue weighted by molar-refractivity contribution is 14.0. The van der Waals surface area contributed by atoms with E-state index in [4.69, 9.17) is 0 Å². The number of anilines is 1. The third kappa shape index (κ3) is 7.45. The van der Waals surface area contributed by atoms with Gasteiger partial charge in [0.2, 0.25) is 5.91 Å². The number of rotatable bonds is 8. The molecule has 1 heterocycles. The maximum atomic E-state index is 12.6. The summed E-state index contributed by atoms with van der Waals surface area (Å²) in [5.74, 6) is 0.889. The molecule has 7 nitrogen and oxygen atoms in total. The minimum atomic E-state index is 0. The first-order valence-electron chi connectivity index (χ1n) is 11.1. The largest absolute Gasteiger partial charge is 0.356 e. The lowest BCUT2D eigenvalue weighted by atomic mass is 10.1. The van der Waals surface area contributed by atoms with E-state index in [2.05, 4.69) is 21.7 Å². The van der Waals surface area contributed by atoms with Gasteiger partial charge in [0.15, 0.2) is 5.96 Å². The SMILES string of the molecule is CN=C(NCCCC(=O)N1CCc2ccccc21)NCCc1cccc(C(=O)N(C)C)c1.I. The Labute approximate surface area is 213 Å². The number of benzene rings is 2. The quantitative estimate of drug-likeness (QED) is 0.224. The van der Waals surface area contributed by atoms with Gasteiger partial charge >= 0.3 is 0 Å². The lowest BCUT2D eigenvalue weighted by molar-refractivity contribution is -0.118. The van der Waals surface area contributed by atoms with Crippen molar-refractivity contribution in [2.45, 2.75) is 25.7 Å². The zero-order valence-corrected chi connectivity index (χ0v) is 22.0. The summed E-state index contributed by atoms with van der Waals surface area (Å²) in [7, 11) is 5.24. The van der Waals surface area contributed by atoms with Gasteiger partial charge in [-0.05, 0) is 48.6 Å². The normalized spacial score (nSPS) is 12.6. The van der Waals surface area contributed by atoms with E-state index in [1.807, 2.05) is 47.4 Å². The monoisotopic (exact) mass is 563 g/mol. The minimum absolute atomic E-state index is 0. The third-order valence-electron chi connectivity index (χ3n) is 5.56. The average molecular weight is 563 g/mol. The van der Waals surface area contributed by atoms with Crippen LogP contribution in [0.15, 0.2) is 53.5 Å². The van der Waals surface area contributed by atoms with Gasteiger partial charge in [-0.1, -0.05) is 30.3 Å². The van der Waals surface area contributed by atoms with Gasteiger partial charge in [-0.3, -0.25) is 14.6 Å². The Morgan fingerprint density at radius 1 is 1.06 bits per heavy atom. The van der Waals surface area contributed by atoms with Crippen LogP contribution in [0.1, 0.15) is 34.3 Å². The molecule has 0 unspecified atom stereocenters. The molecular weight excluding hydrogens is 529 g/mol. The Kier molecular flexibility index (Phi) is 10.6. The number of halogens is 1. The highest BCUT2D eigenvalue weighted by atomic mass is 127. The second-order valence-corrected chi connectivity index (χ2v) is 8.10. The molecule has 0 spiro atoms. The number of hydrogen-bond acceptors (Lipinski definition) is 3. The summed E-state index contributed by atoms with van der Waals surface area (Å²) in [4.78, 5) is 32.4. The minimum Gasteiger partial charge on any atom is -0.356 e. The number of nitrogens with one attached hydrogen (secondary N) is 2. The van der Waals surface area contributed by atoms with Crippen molar-refractivity contribution in [1.82, 2.24) is 15.5 Å². The Morgan fingerprint density at radius 2 is 1.82 bits per heavy atom. The molecule has 2 amide bonds. The second kappa shape index (κ2) is 13.2. The topological polar surface area (TPSA) is 77.0 Å². The standard InChI is InChI=1S/C25H33N5O2.HI/c1-26-25(28-16-13-19-8-6-10-21(18-19)24(32)29(2)3)27-15-7-12-23(31)30-17-14-20-9-4-5-11-22(20)30;/h4-6,8-11,18H,7,12-17H2,1-3H3,(H2,26,27,28);1H. The third-order valence-corrected chi connectivity index (χ3v) is 5.56. The van der Waals surface area contributed by atoms with Crippen LogP contribution in [-0.4, -0.2) is 63.5 Å². The predicted octanol–water partition coefficient (Wildman–Crippen LogP) is 3.08. The molecule has 0 bridgehead atoms. The van der Waals surface area contributed by atoms with Gasteiger partial charge in [0.05, 0.1) is 0 Å². The van der Waals surface area contributed by atoms with Crippen LogP contribution in [0.4, 0.5) is 5.69 Å². The summed E-state index contributed by atoms with van der Waals surface area (Å²) in [5, 5.41) is 6.57. The fourth-order valence-electron chi connectivity index (χ4n) is 3.84. The van der Waals surface area contributed by atoms with Crippen LogP contribution in [0.2, 0.25) is 0 Å². The van der Waals surface area contributed by atoms with E-state index in [1.54, 1.807) is 26.0 Å². The number of carbonyl (C=O) groups is 2. The Balaban J connectivity index is 0.00000385. The Bertz CT molecular complexity index is 977. The summed E-state index contributed by atoms with van der Waals surface area (Å²) in [6, 6.07) is 15.8. The molecule has 1 aliphatic rings. The highest BCUT2D eigenvalue weighted by Gasteiger charge is 2.23. The fraction of sp³-hybridized carbons (Fsp3) is 0.400. The molecule has 1 aliphatic heterocycles. The molecule has 178 valence electrons. The molecule has 0 atom stereocenters. The van der Waals surface area contributed by atoms with E-state index >= 15 is 0 Å². The van der Waals surface area contributed by atoms with Crippen LogP contribution in [0, 0.1) is 0 Å². The van der Waals surface area contributed by atoms with E-state index < -0.39 is 0 Å². The maximum absolute atomic E-state index is 12.6. The van der Waals surface area contributed by atoms with Crippen LogP contribution in [-0.2, 0) is 17.6 Å². The van der Waals surface area contributed by atoms with Crippen molar-refractivity contribution in [1.29, 1.82) is 0 Å². The number of aliphatic imine (C=N–C) groups is 1.